The lowest BCUT2D eigenvalue weighted by Crippen LogP contribution is -2.37. The number of ether oxygens (including phenoxy) is 4. The van der Waals surface area contributed by atoms with Gasteiger partial charge in [-0.25, -0.2) is 9.59 Å². The Bertz CT molecular complexity index is 1780. The van der Waals surface area contributed by atoms with Gasteiger partial charge in [-0.05, 0) is 30.9 Å². The van der Waals surface area contributed by atoms with Crippen molar-refractivity contribution in [3.05, 3.63) is 80.0 Å². The number of fused-ring (bicyclic) bond motifs is 2. The molecule has 1 aliphatic rings. The fraction of sp³-hybridized carbons (Fsp3) is 0.375. The second kappa shape index (κ2) is 10.6. The first-order chi connectivity index (χ1) is 19.5. The van der Waals surface area contributed by atoms with E-state index in [9.17, 15) is 14.7 Å². The van der Waals surface area contributed by atoms with E-state index in [1.165, 1.54) is 40.6 Å². The third kappa shape index (κ3) is 4.74. The normalized spacial score (nSPS) is 19.1. The number of hydrogen-bond donors (Lipinski definition) is 1. The minimum atomic E-state index is -1.19. The standard InChI is InChI=1S/C32H34O9/c1-16-12-19(26-22(38-6)13-20(36-4)17-8-10-24(33)40-30(17)26)28(32(2,3)15-16)29(35)27-23(39-7)14-21(37-5)18-9-11-25(34)41-31(18)27/h8-14,19,28-29,35H,15H2,1-7H3. The van der Waals surface area contributed by atoms with E-state index in [1.54, 1.807) is 24.3 Å². The van der Waals surface area contributed by atoms with E-state index in [4.69, 9.17) is 27.8 Å². The van der Waals surface area contributed by atoms with Crippen molar-refractivity contribution >= 4 is 21.9 Å². The molecule has 1 N–H and O–H groups in total. The number of aliphatic hydroxyl groups is 1. The number of aliphatic hydroxyl groups excluding tert-OH is 1. The Morgan fingerprint density at radius 3 is 1.88 bits per heavy atom. The van der Waals surface area contributed by atoms with E-state index in [2.05, 4.69) is 19.9 Å². The molecule has 5 rings (SSSR count). The molecule has 0 fully saturated rings. The SMILES string of the molecule is COc1cc(OC)c2ccc(=O)oc2c1C(O)C1C(c2c(OC)cc(OC)c3ccc(=O)oc23)C=C(C)CC1(C)C. The van der Waals surface area contributed by atoms with Gasteiger partial charge in [0, 0.05) is 41.7 Å². The summed E-state index contributed by atoms with van der Waals surface area (Å²) in [5, 5.41) is 13.5. The molecule has 0 saturated heterocycles. The van der Waals surface area contributed by atoms with E-state index in [-0.39, 0.29) is 5.58 Å². The summed E-state index contributed by atoms with van der Waals surface area (Å²) >= 11 is 0. The molecule has 216 valence electrons. The Hall–Kier alpha value is -4.24. The molecule has 0 spiro atoms. The zero-order valence-corrected chi connectivity index (χ0v) is 24.2. The summed E-state index contributed by atoms with van der Waals surface area (Å²) in [5.41, 5.74) is 0.960. The smallest absolute Gasteiger partial charge is 0.336 e. The lowest BCUT2D eigenvalue weighted by molar-refractivity contribution is 0.0164. The lowest BCUT2D eigenvalue weighted by Gasteiger charge is -2.46. The van der Waals surface area contributed by atoms with Crippen LogP contribution in [0.1, 0.15) is 50.3 Å². The van der Waals surface area contributed by atoms with Crippen molar-refractivity contribution in [3.63, 3.8) is 0 Å². The topological polar surface area (TPSA) is 118 Å². The van der Waals surface area contributed by atoms with Crippen LogP contribution in [0.4, 0.5) is 0 Å². The Kier molecular flexibility index (Phi) is 7.33. The Morgan fingerprint density at radius 1 is 0.805 bits per heavy atom. The first kappa shape index (κ1) is 28.3. The summed E-state index contributed by atoms with van der Waals surface area (Å²) in [6.45, 7) is 6.19. The Labute approximate surface area is 236 Å². The zero-order chi connectivity index (χ0) is 29.6. The van der Waals surface area contributed by atoms with Crippen LogP contribution in [0, 0.1) is 11.3 Å². The summed E-state index contributed by atoms with van der Waals surface area (Å²) in [7, 11) is 6.07. The highest BCUT2D eigenvalue weighted by Crippen LogP contribution is 2.57. The highest BCUT2D eigenvalue weighted by Gasteiger charge is 2.47. The van der Waals surface area contributed by atoms with Gasteiger partial charge in [0.1, 0.15) is 28.6 Å². The monoisotopic (exact) mass is 562 g/mol. The molecule has 4 aromatic rings. The largest absolute Gasteiger partial charge is 0.496 e. The molecule has 0 amide bonds. The average molecular weight is 563 g/mol. The lowest BCUT2D eigenvalue weighted by atomic mass is 9.60. The number of rotatable bonds is 7. The predicted octanol–water partition coefficient (Wildman–Crippen LogP) is 5.74. The molecule has 0 saturated carbocycles. The maximum absolute atomic E-state index is 12.5. The second-order valence-corrected chi connectivity index (χ2v) is 11.1. The predicted molar refractivity (Wildman–Crippen MR) is 155 cm³/mol. The van der Waals surface area contributed by atoms with Crippen molar-refractivity contribution in [2.45, 2.75) is 39.2 Å². The molecule has 0 aliphatic heterocycles. The Balaban J connectivity index is 1.84. The molecule has 9 heteroatoms. The van der Waals surface area contributed by atoms with Gasteiger partial charge in [-0.3, -0.25) is 0 Å². The molecule has 9 nitrogen and oxygen atoms in total. The molecule has 2 heterocycles. The Morgan fingerprint density at radius 2 is 1.32 bits per heavy atom. The number of benzene rings is 2. The molecule has 0 radical (unpaired) electrons. The van der Waals surface area contributed by atoms with Gasteiger partial charge in [0.25, 0.3) is 0 Å². The van der Waals surface area contributed by atoms with Gasteiger partial charge in [0.15, 0.2) is 5.58 Å². The van der Waals surface area contributed by atoms with Gasteiger partial charge in [0.2, 0.25) is 0 Å². The fourth-order valence-electron chi connectivity index (χ4n) is 6.52. The summed E-state index contributed by atoms with van der Waals surface area (Å²) in [6, 6.07) is 9.36. The first-order valence-electron chi connectivity index (χ1n) is 13.3. The van der Waals surface area contributed by atoms with Gasteiger partial charge in [-0.2, -0.15) is 0 Å². The van der Waals surface area contributed by atoms with Crippen molar-refractivity contribution in [2.24, 2.45) is 11.3 Å². The molecule has 3 unspecified atom stereocenters. The summed E-state index contributed by atoms with van der Waals surface area (Å²) < 4.78 is 34.2. The first-order valence-corrected chi connectivity index (χ1v) is 13.3. The highest BCUT2D eigenvalue weighted by atomic mass is 16.5. The number of methoxy groups -OCH3 is 4. The minimum Gasteiger partial charge on any atom is -0.496 e. The van der Waals surface area contributed by atoms with Crippen LogP contribution >= 0.6 is 0 Å². The average Bonchev–Trinajstić information content (AvgIpc) is 2.93. The van der Waals surface area contributed by atoms with Gasteiger partial charge in [-0.15, -0.1) is 0 Å². The van der Waals surface area contributed by atoms with E-state index in [0.717, 1.165) is 5.57 Å². The van der Waals surface area contributed by atoms with Crippen LogP contribution in [0.3, 0.4) is 0 Å². The molecule has 1 aliphatic carbocycles. The molecule has 41 heavy (non-hydrogen) atoms. The van der Waals surface area contributed by atoms with Crippen LogP contribution in [0.25, 0.3) is 21.9 Å². The van der Waals surface area contributed by atoms with Crippen LogP contribution in [-0.2, 0) is 0 Å². The summed E-state index contributed by atoms with van der Waals surface area (Å²) in [4.78, 5) is 24.9. The van der Waals surface area contributed by atoms with Crippen LogP contribution < -0.4 is 30.2 Å². The molecule has 0 bridgehead atoms. The second-order valence-electron chi connectivity index (χ2n) is 11.1. The van der Waals surface area contributed by atoms with Crippen LogP contribution in [0.2, 0.25) is 0 Å². The van der Waals surface area contributed by atoms with Crippen molar-refractivity contribution < 1.29 is 32.9 Å². The third-order valence-corrected chi connectivity index (χ3v) is 8.08. The minimum absolute atomic E-state index is 0.181. The van der Waals surface area contributed by atoms with Gasteiger partial charge in [0.05, 0.1) is 50.9 Å². The van der Waals surface area contributed by atoms with Crippen LogP contribution in [0.5, 0.6) is 23.0 Å². The maximum Gasteiger partial charge on any atom is 0.336 e. The van der Waals surface area contributed by atoms with Gasteiger partial charge in [-0.1, -0.05) is 25.5 Å². The van der Waals surface area contributed by atoms with Gasteiger partial charge >= 0.3 is 11.3 Å². The summed E-state index contributed by atoms with van der Waals surface area (Å²) in [5.74, 6) is 0.692. The van der Waals surface area contributed by atoms with Crippen molar-refractivity contribution in [2.75, 3.05) is 28.4 Å². The van der Waals surface area contributed by atoms with Crippen molar-refractivity contribution in [1.82, 2.24) is 0 Å². The maximum atomic E-state index is 12.5. The van der Waals surface area contributed by atoms with E-state index >= 15 is 0 Å². The summed E-state index contributed by atoms with van der Waals surface area (Å²) in [6.07, 6.45) is 1.57. The van der Waals surface area contributed by atoms with Crippen molar-refractivity contribution in [1.29, 1.82) is 0 Å². The number of allylic oxidation sites excluding steroid dienone is 2. The zero-order valence-electron chi connectivity index (χ0n) is 24.2. The van der Waals surface area contributed by atoms with Crippen LogP contribution in [-0.4, -0.2) is 33.5 Å². The highest BCUT2D eigenvalue weighted by molar-refractivity contribution is 5.90. The van der Waals surface area contributed by atoms with E-state index < -0.39 is 34.6 Å². The van der Waals surface area contributed by atoms with E-state index in [1.807, 2.05) is 6.92 Å². The molecule has 3 atom stereocenters. The van der Waals surface area contributed by atoms with E-state index in [0.29, 0.717) is 56.9 Å². The number of hydrogen-bond acceptors (Lipinski definition) is 9. The van der Waals surface area contributed by atoms with Crippen molar-refractivity contribution in [3.8, 4) is 23.0 Å². The molecular weight excluding hydrogens is 528 g/mol. The molecule has 2 aromatic carbocycles. The third-order valence-electron chi connectivity index (χ3n) is 8.08. The molecule has 2 aromatic heterocycles. The molecular formula is C32H34O9. The van der Waals surface area contributed by atoms with Crippen LogP contribution in [0.15, 0.2) is 66.5 Å². The quantitative estimate of drug-likeness (QED) is 0.222. The fourth-order valence-corrected chi connectivity index (χ4v) is 6.52. The van der Waals surface area contributed by atoms with Gasteiger partial charge < -0.3 is 32.9 Å².